The number of para-hydroxylation sites is 8. The molecule has 8 aromatic carbocycles. The average Bonchev–Trinajstić information content (AvgIpc) is 1.61. The highest BCUT2D eigenvalue weighted by Gasteiger charge is 2.32. The van der Waals surface area contributed by atoms with E-state index in [-0.39, 0.29) is 18.0 Å². The van der Waals surface area contributed by atoms with Gasteiger partial charge in [0.15, 0.2) is 63.3 Å². The van der Waals surface area contributed by atoms with Gasteiger partial charge in [-0.2, -0.15) is 0 Å². The SMILES string of the molecule is C/C=C/C1=C(OC(=O)N(C)C)c2cccn2-c2ccccc2O1.C/C=C/C1=C(OC(C)=O)c2cccn2-c2ccccc2O1.CC(=O)OC1=C(c2ccccc2)Cc2ccccc2-n2cccc21.CCCNC(=O)OC1=C(c2ccccc2)Oc2ccccc2-n2cccc21.CN(C)C(=O)OC1=C(c2ccccc2)Cc2ccccc2-n2cccc21. The summed E-state index contributed by atoms with van der Waals surface area (Å²) in [7, 11) is 6.67. The van der Waals surface area contributed by atoms with Crippen molar-refractivity contribution in [3.8, 4) is 45.7 Å². The van der Waals surface area contributed by atoms with Crippen LogP contribution in [0.25, 0.3) is 74.1 Å². The molecule has 0 spiro atoms. The molecule has 0 aliphatic carbocycles. The van der Waals surface area contributed by atoms with Gasteiger partial charge in [0.2, 0.25) is 0 Å². The van der Waals surface area contributed by atoms with Crippen LogP contribution in [-0.4, -0.2) is 97.6 Å². The Bertz CT molecular complexity index is 6200. The van der Waals surface area contributed by atoms with Crippen molar-refractivity contribution in [2.75, 3.05) is 34.7 Å². The van der Waals surface area contributed by atoms with Crippen molar-refractivity contribution in [1.29, 1.82) is 0 Å². The van der Waals surface area contributed by atoms with Crippen molar-refractivity contribution in [1.82, 2.24) is 38.0 Å². The quantitative estimate of drug-likeness (QED) is 0.0895. The van der Waals surface area contributed by atoms with E-state index in [4.69, 9.17) is 37.9 Å². The number of carbonyl (C=O) groups is 5. The van der Waals surface area contributed by atoms with Crippen LogP contribution in [0.4, 0.5) is 14.4 Å². The Balaban J connectivity index is 0.000000124. The molecule has 0 saturated carbocycles. The molecule has 5 aliphatic rings. The zero-order valence-electron chi connectivity index (χ0n) is 68.4. The number of allylic oxidation sites excluding steroid dienone is 6. The lowest BCUT2D eigenvalue weighted by Gasteiger charge is -2.17. The van der Waals surface area contributed by atoms with E-state index >= 15 is 0 Å². The number of fused-ring (bicyclic) bond motifs is 15. The lowest BCUT2D eigenvalue weighted by Crippen LogP contribution is -2.25. The van der Waals surface area contributed by atoms with Crippen molar-refractivity contribution >= 4 is 75.9 Å². The number of carbonyl (C=O) groups excluding carboxylic acids is 5. The fraction of sp³-hybridized carbons (Fsp3) is 0.130. The summed E-state index contributed by atoms with van der Waals surface area (Å²) in [4.78, 5) is 62.8. The first-order valence-electron chi connectivity index (χ1n) is 39.6. The molecule has 0 fully saturated rings. The third kappa shape index (κ3) is 18.5. The lowest BCUT2D eigenvalue weighted by atomic mass is 9.96. The number of esters is 2. The Labute approximate surface area is 702 Å². The highest BCUT2D eigenvalue weighted by Crippen LogP contribution is 2.43. The monoisotopic (exact) mass is 1610 g/mol. The standard InChI is InChI=1S/C22H20N2O3.C22H20N2O2.C21H17NO2.C18H18N2O3.C17H15NO3/c1-2-14-23-22(25)27-21-18-12-8-15-24(18)17-11-6-7-13-19(17)26-20(21)16-9-4-3-5-10-16;1-23(2)22(25)26-21-18(16-9-4-3-5-10-16)15-17-11-6-7-12-19(17)24-14-8-13-20(21)24;1-15(23)24-21-18(16-8-3-2-4-9-16)14-17-10-5-6-11-19(17)22-13-7-12-20(21)22;1-4-8-16-17(23-18(21)19(2)3)14-10-7-12-20(14)13-9-5-6-11-15(13)22-16;1-3-7-16-17(20-12(2)19)14-9-6-11-18(14)13-8-4-5-10-15(13)21-16/h3-13,15H,2,14H2,1H3,(H,23,25);3-14H,15H2,1-2H3;2-13H,14H2,1H3;4-12H,1-3H3;3-11H,1-2H3/b;;;8-4+;7-3+. The maximum atomic E-state index is 12.4. The molecule has 18 rings (SSSR count). The first kappa shape index (κ1) is 82.0. The number of rotatable bonds is 12. The van der Waals surface area contributed by atoms with Crippen molar-refractivity contribution in [2.45, 2.75) is 53.9 Å². The van der Waals surface area contributed by atoms with E-state index in [1.807, 2.05) is 302 Å². The van der Waals surface area contributed by atoms with E-state index in [0.717, 1.165) is 91.2 Å². The second-order valence-electron chi connectivity index (χ2n) is 28.4. The number of nitrogens with one attached hydrogen (secondary N) is 1. The van der Waals surface area contributed by atoms with Gasteiger partial charge in [-0.25, -0.2) is 14.4 Å². The van der Waals surface area contributed by atoms with Gasteiger partial charge >= 0.3 is 30.2 Å². The average molecular weight is 1610 g/mol. The van der Waals surface area contributed by atoms with Gasteiger partial charge in [-0.1, -0.05) is 183 Å². The molecule has 3 amide bonds. The zero-order valence-corrected chi connectivity index (χ0v) is 68.4. The van der Waals surface area contributed by atoms with Crippen molar-refractivity contribution in [2.24, 2.45) is 0 Å². The number of aromatic nitrogens is 5. The highest BCUT2D eigenvalue weighted by atomic mass is 16.6. The Morgan fingerprint density at radius 1 is 0.355 bits per heavy atom. The number of ether oxygens (including phenoxy) is 8. The largest absolute Gasteiger partial charge is 0.451 e. The zero-order chi connectivity index (χ0) is 84.5. The molecule has 10 heterocycles. The predicted octanol–water partition coefficient (Wildman–Crippen LogP) is 21.4. The summed E-state index contributed by atoms with van der Waals surface area (Å²) in [6.45, 7) is 9.14. The minimum Gasteiger partial charge on any atom is -0.451 e. The summed E-state index contributed by atoms with van der Waals surface area (Å²) in [5.74, 6) is 5.37. The molecule has 121 heavy (non-hydrogen) atoms. The fourth-order valence-electron chi connectivity index (χ4n) is 14.2. The minimum atomic E-state index is -0.498. The molecule has 21 nitrogen and oxygen atoms in total. The maximum absolute atomic E-state index is 12.4. The molecule has 1 N–H and O–H groups in total. The Morgan fingerprint density at radius 3 is 1.06 bits per heavy atom. The number of alkyl carbamates (subject to hydrolysis) is 1. The smallest absolute Gasteiger partial charge is 0.414 e. The number of hydrogen-bond acceptors (Lipinski definition) is 13. The molecule has 0 radical (unpaired) electrons. The van der Waals surface area contributed by atoms with Crippen LogP contribution in [0.2, 0.25) is 0 Å². The van der Waals surface area contributed by atoms with E-state index in [2.05, 4.69) is 63.0 Å². The van der Waals surface area contributed by atoms with Crippen LogP contribution >= 0.6 is 0 Å². The van der Waals surface area contributed by atoms with E-state index in [9.17, 15) is 24.0 Å². The van der Waals surface area contributed by atoms with Gasteiger partial charge in [-0.3, -0.25) is 9.59 Å². The number of nitrogens with zero attached hydrogens (tertiary/aromatic N) is 7. The minimum absolute atomic E-state index is 0.308. The van der Waals surface area contributed by atoms with Gasteiger partial charge in [0.05, 0.1) is 45.5 Å². The van der Waals surface area contributed by atoms with E-state index < -0.39 is 12.2 Å². The second-order valence-corrected chi connectivity index (χ2v) is 28.4. The lowest BCUT2D eigenvalue weighted by molar-refractivity contribution is -0.135. The Kier molecular flexibility index (Phi) is 25.8. The van der Waals surface area contributed by atoms with Crippen LogP contribution < -0.4 is 19.5 Å². The highest BCUT2D eigenvalue weighted by molar-refractivity contribution is 5.96. The fourth-order valence-corrected chi connectivity index (χ4v) is 14.2. The first-order valence-corrected chi connectivity index (χ1v) is 39.6. The van der Waals surface area contributed by atoms with E-state index in [1.54, 1.807) is 40.3 Å². The molecule has 608 valence electrons. The second kappa shape index (κ2) is 38.1. The van der Waals surface area contributed by atoms with Crippen LogP contribution in [0.15, 0.2) is 340 Å². The molecule has 5 aliphatic heterocycles. The number of amides is 3. The topological polar surface area (TPSA) is 202 Å². The van der Waals surface area contributed by atoms with E-state index in [1.165, 1.54) is 34.8 Å². The molecule has 5 aromatic heterocycles. The summed E-state index contributed by atoms with van der Waals surface area (Å²) < 4.78 is 56.5. The number of hydrogen-bond donors (Lipinski definition) is 1. The van der Waals surface area contributed by atoms with Gasteiger partial charge in [0.1, 0.15) is 0 Å². The third-order valence-corrected chi connectivity index (χ3v) is 19.6. The molecular formula is C100H90N8O13. The third-order valence-electron chi connectivity index (χ3n) is 19.6. The van der Waals surface area contributed by atoms with Crippen molar-refractivity contribution in [3.05, 3.63) is 396 Å². The summed E-state index contributed by atoms with van der Waals surface area (Å²) in [5, 5.41) is 2.76. The van der Waals surface area contributed by atoms with Gasteiger partial charge in [0.25, 0.3) is 0 Å². The first-order chi connectivity index (χ1) is 59.0. The molecule has 0 saturated heterocycles. The summed E-state index contributed by atoms with van der Waals surface area (Å²) in [6, 6.07) is 89.0. The molecule has 0 bridgehead atoms. The Morgan fingerprint density at radius 2 is 0.669 bits per heavy atom. The van der Waals surface area contributed by atoms with Crippen LogP contribution in [0.1, 0.15) is 97.3 Å². The van der Waals surface area contributed by atoms with Gasteiger partial charge in [-0.15, -0.1) is 0 Å². The van der Waals surface area contributed by atoms with Gasteiger partial charge in [-0.05, 0) is 164 Å². The van der Waals surface area contributed by atoms with Crippen molar-refractivity contribution < 1.29 is 61.9 Å². The number of benzene rings is 8. The van der Waals surface area contributed by atoms with E-state index in [0.29, 0.717) is 82.7 Å². The molecule has 13 aromatic rings. The summed E-state index contributed by atoms with van der Waals surface area (Å²) in [5.41, 5.74) is 16.4. The summed E-state index contributed by atoms with van der Waals surface area (Å²) in [6.07, 6.45) is 17.9. The molecular weight excluding hydrogens is 1520 g/mol. The predicted molar refractivity (Wildman–Crippen MR) is 470 cm³/mol. The molecule has 0 atom stereocenters. The van der Waals surface area contributed by atoms with Crippen LogP contribution in [0.5, 0.6) is 17.2 Å². The van der Waals surface area contributed by atoms with Crippen LogP contribution in [0, 0.1) is 0 Å². The normalized spacial score (nSPS) is 13.0. The summed E-state index contributed by atoms with van der Waals surface area (Å²) >= 11 is 0. The Hall–Kier alpha value is -15.5. The molecule has 0 unspecified atom stereocenters. The van der Waals surface area contributed by atoms with Crippen molar-refractivity contribution in [3.63, 3.8) is 0 Å². The van der Waals surface area contributed by atoms with Crippen LogP contribution in [-0.2, 0) is 46.1 Å². The van der Waals surface area contributed by atoms with Gasteiger partial charge in [0, 0.05) is 120 Å². The van der Waals surface area contributed by atoms with Gasteiger partial charge < -0.3 is 75.8 Å². The maximum Gasteiger partial charge on any atom is 0.414 e. The van der Waals surface area contributed by atoms with Crippen LogP contribution in [0.3, 0.4) is 0 Å². The molecule has 21 heteroatoms.